The molecule has 1 aliphatic rings. The maximum absolute atomic E-state index is 13.5. The summed E-state index contributed by atoms with van der Waals surface area (Å²) < 4.78 is 19.2. The predicted octanol–water partition coefficient (Wildman–Crippen LogP) is 1.72. The summed E-state index contributed by atoms with van der Waals surface area (Å²) in [7, 11) is 0. The van der Waals surface area contributed by atoms with Gasteiger partial charge in [0.2, 0.25) is 0 Å². The first-order valence-corrected chi connectivity index (χ1v) is 6.45. The first-order valence-electron chi connectivity index (χ1n) is 6.45. The minimum atomic E-state index is -0.350. The third-order valence-electron chi connectivity index (χ3n) is 3.17. The first-order chi connectivity index (χ1) is 8.94. The topological polar surface area (TPSA) is 62.3 Å². The van der Waals surface area contributed by atoms with Crippen molar-refractivity contribution in [2.45, 2.75) is 32.6 Å². The average molecular weight is 265 g/mol. The minimum Gasteiger partial charge on any atom is -0.384 e. The minimum absolute atomic E-state index is 0.107. The zero-order valence-electron chi connectivity index (χ0n) is 11.3. The molecular formula is C14H20FN3O. The lowest BCUT2D eigenvalue weighted by molar-refractivity contribution is -0.0705. The summed E-state index contributed by atoms with van der Waals surface area (Å²) in [6.07, 6.45) is 0.370. The Kier molecular flexibility index (Phi) is 4.17. The van der Waals surface area contributed by atoms with Crippen LogP contribution in [0.1, 0.15) is 25.0 Å². The van der Waals surface area contributed by atoms with Gasteiger partial charge in [0.15, 0.2) is 0 Å². The van der Waals surface area contributed by atoms with Gasteiger partial charge in [-0.2, -0.15) is 0 Å². The highest BCUT2D eigenvalue weighted by molar-refractivity contribution is 5.95. The van der Waals surface area contributed by atoms with E-state index in [-0.39, 0.29) is 23.9 Å². The van der Waals surface area contributed by atoms with E-state index in [1.54, 1.807) is 6.07 Å². The second-order valence-electron chi connectivity index (χ2n) is 5.21. The van der Waals surface area contributed by atoms with Gasteiger partial charge in [0.05, 0.1) is 12.2 Å². The molecule has 0 saturated carbocycles. The summed E-state index contributed by atoms with van der Waals surface area (Å²) in [4.78, 5) is 2.23. The van der Waals surface area contributed by atoms with Crippen LogP contribution in [0.3, 0.4) is 0 Å². The fourth-order valence-electron chi connectivity index (χ4n) is 2.57. The number of nitrogens with zero attached hydrogens (tertiary/aromatic N) is 1. The Labute approximate surface area is 112 Å². The molecule has 104 valence electrons. The highest BCUT2D eigenvalue weighted by Gasteiger charge is 2.22. The van der Waals surface area contributed by atoms with E-state index in [2.05, 4.69) is 4.90 Å². The summed E-state index contributed by atoms with van der Waals surface area (Å²) in [5.41, 5.74) is 6.69. The van der Waals surface area contributed by atoms with Gasteiger partial charge in [-0.3, -0.25) is 10.3 Å². The molecule has 4 nitrogen and oxygen atoms in total. The molecule has 2 rings (SSSR count). The van der Waals surface area contributed by atoms with Crippen molar-refractivity contribution in [2.75, 3.05) is 13.1 Å². The number of nitrogens with one attached hydrogen (secondary N) is 1. The standard InChI is InChI=1S/C14H20FN3O/c1-9-6-18(7-10(2)19-9)8-11-3-12(14(16)17)5-13(15)4-11/h3-5,9-10H,6-8H2,1-2H3,(H3,16,17). The van der Waals surface area contributed by atoms with E-state index in [4.69, 9.17) is 15.9 Å². The van der Waals surface area contributed by atoms with Gasteiger partial charge in [0.25, 0.3) is 0 Å². The predicted molar refractivity (Wildman–Crippen MR) is 72.7 cm³/mol. The monoisotopic (exact) mass is 265 g/mol. The van der Waals surface area contributed by atoms with Crippen LogP contribution in [0.15, 0.2) is 18.2 Å². The van der Waals surface area contributed by atoms with Crippen LogP contribution >= 0.6 is 0 Å². The van der Waals surface area contributed by atoms with Gasteiger partial charge in [0.1, 0.15) is 11.7 Å². The molecule has 5 heteroatoms. The number of hydrogen-bond donors (Lipinski definition) is 2. The maximum Gasteiger partial charge on any atom is 0.124 e. The van der Waals surface area contributed by atoms with Crippen molar-refractivity contribution in [2.24, 2.45) is 5.73 Å². The molecule has 19 heavy (non-hydrogen) atoms. The molecule has 3 N–H and O–H groups in total. The fourth-order valence-corrected chi connectivity index (χ4v) is 2.57. The van der Waals surface area contributed by atoms with Gasteiger partial charge in [-0.25, -0.2) is 4.39 Å². The molecule has 2 unspecified atom stereocenters. The number of halogens is 1. The average Bonchev–Trinajstić information content (AvgIpc) is 2.26. The Morgan fingerprint density at radius 2 is 2.00 bits per heavy atom. The summed E-state index contributed by atoms with van der Waals surface area (Å²) in [6.45, 7) is 6.38. The van der Waals surface area contributed by atoms with Crippen molar-refractivity contribution in [3.63, 3.8) is 0 Å². The zero-order chi connectivity index (χ0) is 14.0. The normalized spacial score (nSPS) is 24.4. The molecule has 1 saturated heterocycles. The SMILES string of the molecule is CC1CN(Cc2cc(F)cc(C(=N)N)c2)CC(C)O1. The Morgan fingerprint density at radius 3 is 2.58 bits per heavy atom. The van der Waals surface area contributed by atoms with E-state index in [0.29, 0.717) is 12.1 Å². The number of rotatable bonds is 3. The molecule has 1 aliphatic heterocycles. The smallest absolute Gasteiger partial charge is 0.124 e. The van der Waals surface area contributed by atoms with Crippen LogP contribution in [-0.4, -0.2) is 36.0 Å². The lowest BCUT2D eigenvalue weighted by atomic mass is 10.1. The third kappa shape index (κ3) is 3.75. The van der Waals surface area contributed by atoms with Gasteiger partial charge in [0, 0.05) is 25.2 Å². The van der Waals surface area contributed by atoms with Gasteiger partial charge < -0.3 is 10.5 Å². The zero-order valence-corrected chi connectivity index (χ0v) is 11.3. The van der Waals surface area contributed by atoms with Gasteiger partial charge >= 0.3 is 0 Å². The van der Waals surface area contributed by atoms with Crippen LogP contribution in [0.4, 0.5) is 4.39 Å². The number of ether oxygens (including phenoxy) is 1. The quantitative estimate of drug-likeness (QED) is 0.646. The molecule has 1 heterocycles. The van der Waals surface area contributed by atoms with Crippen LogP contribution < -0.4 is 5.73 Å². The molecule has 0 aromatic heterocycles. The van der Waals surface area contributed by atoms with E-state index in [0.717, 1.165) is 18.7 Å². The highest BCUT2D eigenvalue weighted by Crippen LogP contribution is 2.16. The van der Waals surface area contributed by atoms with Crippen molar-refractivity contribution >= 4 is 5.84 Å². The van der Waals surface area contributed by atoms with Gasteiger partial charge in [-0.15, -0.1) is 0 Å². The Hall–Kier alpha value is -1.46. The number of hydrogen-bond acceptors (Lipinski definition) is 3. The van der Waals surface area contributed by atoms with Gasteiger partial charge in [-0.05, 0) is 37.6 Å². The molecule has 2 atom stereocenters. The molecule has 1 aromatic rings. The fraction of sp³-hybridized carbons (Fsp3) is 0.500. The summed E-state index contributed by atoms with van der Waals surface area (Å²) in [5, 5.41) is 7.39. The van der Waals surface area contributed by atoms with Crippen LogP contribution in [-0.2, 0) is 11.3 Å². The Bertz CT molecular complexity index is 468. The number of morpholine rings is 1. The van der Waals surface area contributed by atoms with Crippen molar-refractivity contribution < 1.29 is 9.13 Å². The van der Waals surface area contributed by atoms with Crippen molar-refractivity contribution in [3.05, 3.63) is 35.1 Å². The van der Waals surface area contributed by atoms with E-state index >= 15 is 0 Å². The molecule has 1 aromatic carbocycles. The number of amidine groups is 1. The van der Waals surface area contributed by atoms with E-state index in [1.807, 2.05) is 13.8 Å². The lowest BCUT2D eigenvalue weighted by Crippen LogP contribution is -2.44. The highest BCUT2D eigenvalue weighted by atomic mass is 19.1. The third-order valence-corrected chi connectivity index (χ3v) is 3.17. The van der Waals surface area contributed by atoms with Crippen molar-refractivity contribution in [1.29, 1.82) is 5.41 Å². The molecule has 1 fully saturated rings. The van der Waals surface area contributed by atoms with Crippen molar-refractivity contribution in [1.82, 2.24) is 4.90 Å². The summed E-state index contributed by atoms with van der Waals surface area (Å²) in [5.74, 6) is -0.457. The van der Waals surface area contributed by atoms with Crippen LogP contribution in [0, 0.1) is 11.2 Å². The molecule has 0 radical (unpaired) electrons. The summed E-state index contributed by atoms with van der Waals surface area (Å²) in [6, 6.07) is 4.56. The first kappa shape index (κ1) is 14.0. The van der Waals surface area contributed by atoms with Gasteiger partial charge in [-0.1, -0.05) is 0 Å². The van der Waals surface area contributed by atoms with E-state index in [9.17, 15) is 4.39 Å². The maximum atomic E-state index is 13.5. The number of nitrogen functional groups attached to an aromatic ring is 1. The molecular weight excluding hydrogens is 245 g/mol. The molecule has 0 amide bonds. The Balaban J connectivity index is 2.12. The van der Waals surface area contributed by atoms with Crippen LogP contribution in [0.2, 0.25) is 0 Å². The molecule has 0 aliphatic carbocycles. The van der Waals surface area contributed by atoms with E-state index in [1.165, 1.54) is 12.1 Å². The number of benzene rings is 1. The summed E-state index contributed by atoms with van der Waals surface area (Å²) >= 11 is 0. The van der Waals surface area contributed by atoms with E-state index < -0.39 is 0 Å². The largest absolute Gasteiger partial charge is 0.384 e. The van der Waals surface area contributed by atoms with Crippen LogP contribution in [0.5, 0.6) is 0 Å². The van der Waals surface area contributed by atoms with Crippen LogP contribution in [0.25, 0.3) is 0 Å². The number of nitrogens with two attached hydrogens (primary N) is 1. The molecule has 0 bridgehead atoms. The second kappa shape index (κ2) is 5.67. The lowest BCUT2D eigenvalue weighted by Gasteiger charge is -2.35. The molecule has 0 spiro atoms. The Morgan fingerprint density at radius 1 is 1.37 bits per heavy atom. The second-order valence-corrected chi connectivity index (χ2v) is 5.21. The van der Waals surface area contributed by atoms with Crippen molar-refractivity contribution in [3.8, 4) is 0 Å².